The van der Waals surface area contributed by atoms with Crippen molar-refractivity contribution >= 4 is 11.0 Å². The summed E-state index contributed by atoms with van der Waals surface area (Å²) in [6, 6.07) is 12.8. The molecule has 4 rings (SSSR count). The maximum Gasteiger partial charge on any atom is 0.142 e. The third-order valence-electron chi connectivity index (χ3n) is 4.45. The predicted molar refractivity (Wildman–Crippen MR) is 92.3 cm³/mol. The quantitative estimate of drug-likeness (QED) is 0.739. The summed E-state index contributed by atoms with van der Waals surface area (Å²) in [5.74, 6) is 0.646. The van der Waals surface area contributed by atoms with Crippen LogP contribution in [0.25, 0.3) is 22.4 Å². The minimum Gasteiger partial charge on any atom is -0.379 e. The van der Waals surface area contributed by atoms with Crippen molar-refractivity contribution in [3.8, 4) is 11.4 Å². The molecule has 1 fully saturated rings. The Hall–Kier alpha value is -2.24. The first-order valence-corrected chi connectivity index (χ1v) is 8.24. The van der Waals surface area contributed by atoms with E-state index in [9.17, 15) is 4.39 Å². The average Bonchev–Trinajstić information content (AvgIpc) is 2.94. The smallest absolute Gasteiger partial charge is 0.142 e. The topological polar surface area (TPSA) is 30.3 Å². The van der Waals surface area contributed by atoms with Gasteiger partial charge in [-0.15, -0.1) is 0 Å². The van der Waals surface area contributed by atoms with Crippen LogP contribution in [-0.4, -0.2) is 40.8 Å². The largest absolute Gasteiger partial charge is 0.379 e. The number of halogens is 1. The van der Waals surface area contributed by atoms with E-state index < -0.39 is 0 Å². The van der Waals surface area contributed by atoms with E-state index in [0.717, 1.165) is 55.4 Å². The normalized spacial score (nSPS) is 15.9. The van der Waals surface area contributed by atoms with E-state index >= 15 is 0 Å². The van der Waals surface area contributed by atoms with Gasteiger partial charge in [-0.2, -0.15) is 0 Å². The van der Waals surface area contributed by atoms with Crippen LogP contribution in [0, 0.1) is 12.7 Å². The van der Waals surface area contributed by atoms with Gasteiger partial charge in [-0.25, -0.2) is 9.37 Å². The fourth-order valence-electron chi connectivity index (χ4n) is 3.14. The van der Waals surface area contributed by atoms with Crippen molar-refractivity contribution in [2.75, 3.05) is 26.3 Å². The zero-order chi connectivity index (χ0) is 16.5. The van der Waals surface area contributed by atoms with Crippen LogP contribution in [0.3, 0.4) is 0 Å². The molecule has 0 bridgehead atoms. The minimum absolute atomic E-state index is 0.231. The fraction of sp³-hybridized carbons (Fsp3) is 0.316. The zero-order valence-corrected chi connectivity index (χ0v) is 13.7. The van der Waals surface area contributed by atoms with Crippen LogP contribution in [0.4, 0.5) is 4.39 Å². The summed E-state index contributed by atoms with van der Waals surface area (Å²) in [6.07, 6.45) is 0. The number of rotatable bonds is 3. The first-order chi connectivity index (χ1) is 11.7. The first kappa shape index (κ1) is 15.3. The zero-order valence-electron chi connectivity index (χ0n) is 13.7. The molecule has 0 spiro atoms. The summed E-state index contributed by atoms with van der Waals surface area (Å²) in [5, 5.41) is 0. The molecule has 1 aliphatic heterocycles. The molecule has 5 heteroatoms. The van der Waals surface area contributed by atoms with Crippen molar-refractivity contribution in [1.82, 2.24) is 14.5 Å². The second-order valence-electron chi connectivity index (χ2n) is 6.23. The van der Waals surface area contributed by atoms with Gasteiger partial charge in [-0.3, -0.25) is 4.90 Å². The van der Waals surface area contributed by atoms with Crippen LogP contribution in [-0.2, 0) is 11.4 Å². The Balaban J connectivity index is 1.81. The molecule has 1 saturated heterocycles. The van der Waals surface area contributed by atoms with Gasteiger partial charge in [0.1, 0.15) is 11.6 Å². The van der Waals surface area contributed by atoms with Crippen molar-refractivity contribution in [3.63, 3.8) is 0 Å². The van der Waals surface area contributed by atoms with E-state index in [0.29, 0.717) is 0 Å². The molecule has 0 radical (unpaired) electrons. The molecule has 2 aromatic carbocycles. The average molecular weight is 325 g/mol. The lowest BCUT2D eigenvalue weighted by Gasteiger charge is -2.27. The molecule has 0 N–H and O–H groups in total. The van der Waals surface area contributed by atoms with Crippen LogP contribution in [0.1, 0.15) is 5.56 Å². The predicted octanol–water partition coefficient (Wildman–Crippen LogP) is 3.44. The van der Waals surface area contributed by atoms with Crippen LogP contribution < -0.4 is 0 Å². The lowest BCUT2D eigenvalue weighted by molar-refractivity contribution is 0.0244. The molecule has 124 valence electrons. The van der Waals surface area contributed by atoms with E-state index in [1.807, 2.05) is 6.07 Å². The van der Waals surface area contributed by atoms with Gasteiger partial charge in [0.15, 0.2) is 0 Å². The number of morpholine rings is 1. The van der Waals surface area contributed by atoms with Crippen molar-refractivity contribution in [2.45, 2.75) is 13.6 Å². The van der Waals surface area contributed by atoms with Gasteiger partial charge in [-0.1, -0.05) is 6.07 Å². The van der Waals surface area contributed by atoms with Crippen LogP contribution in [0.5, 0.6) is 0 Å². The van der Waals surface area contributed by atoms with Crippen molar-refractivity contribution in [2.24, 2.45) is 0 Å². The fourth-order valence-corrected chi connectivity index (χ4v) is 3.14. The minimum atomic E-state index is -0.231. The number of aryl methyl sites for hydroxylation is 1. The molecule has 0 saturated carbocycles. The molecule has 1 aromatic heterocycles. The number of imidazole rings is 1. The summed E-state index contributed by atoms with van der Waals surface area (Å²) in [7, 11) is 0. The molecule has 0 atom stereocenters. The summed E-state index contributed by atoms with van der Waals surface area (Å²) < 4.78 is 21.0. The number of ether oxygens (including phenoxy) is 1. The van der Waals surface area contributed by atoms with Gasteiger partial charge in [0, 0.05) is 18.7 Å². The molecule has 0 amide bonds. The maximum atomic E-state index is 13.3. The van der Waals surface area contributed by atoms with Crippen molar-refractivity contribution in [3.05, 3.63) is 53.8 Å². The Labute approximate surface area is 140 Å². The lowest BCUT2D eigenvalue weighted by Crippen LogP contribution is -2.37. The SMILES string of the molecule is Cc1ccc2nc(-c3ccc(F)cc3)n(CN3CCOCC3)c2c1. The Bertz CT molecular complexity index is 851. The van der Waals surface area contributed by atoms with Gasteiger partial charge >= 0.3 is 0 Å². The van der Waals surface area contributed by atoms with E-state index in [1.165, 1.54) is 17.7 Å². The third-order valence-corrected chi connectivity index (χ3v) is 4.45. The standard InChI is InChI=1S/C19H20FN3O/c1-14-2-7-17-18(12-14)23(13-22-8-10-24-11-9-22)19(21-17)15-3-5-16(20)6-4-15/h2-7,12H,8-11,13H2,1H3. The number of fused-ring (bicyclic) bond motifs is 1. The monoisotopic (exact) mass is 325 g/mol. The van der Waals surface area contributed by atoms with Gasteiger partial charge in [0.05, 0.1) is 30.9 Å². The summed E-state index contributed by atoms with van der Waals surface area (Å²) in [5.41, 5.74) is 4.21. The van der Waals surface area contributed by atoms with Crippen LogP contribution in [0.2, 0.25) is 0 Å². The highest BCUT2D eigenvalue weighted by molar-refractivity contribution is 5.81. The van der Waals surface area contributed by atoms with Gasteiger partial charge in [0.25, 0.3) is 0 Å². The Morgan fingerprint density at radius 3 is 2.58 bits per heavy atom. The highest BCUT2D eigenvalue weighted by Crippen LogP contribution is 2.26. The highest BCUT2D eigenvalue weighted by Gasteiger charge is 2.17. The molecule has 0 unspecified atom stereocenters. The molecule has 4 nitrogen and oxygen atoms in total. The molecule has 3 aromatic rings. The number of hydrogen-bond acceptors (Lipinski definition) is 3. The summed E-state index contributed by atoms with van der Waals surface area (Å²) >= 11 is 0. The second kappa shape index (κ2) is 6.34. The number of aromatic nitrogens is 2. The lowest BCUT2D eigenvalue weighted by atomic mass is 10.2. The molecule has 1 aliphatic rings. The second-order valence-corrected chi connectivity index (χ2v) is 6.23. The van der Waals surface area contributed by atoms with Crippen LogP contribution >= 0.6 is 0 Å². The summed E-state index contributed by atoms with van der Waals surface area (Å²) in [4.78, 5) is 7.16. The van der Waals surface area contributed by atoms with E-state index in [1.54, 1.807) is 12.1 Å². The van der Waals surface area contributed by atoms with Gasteiger partial charge < -0.3 is 9.30 Å². The van der Waals surface area contributed by atoms with Crippen LogP contribution in [0.15, 0.2) is 42.5 Å². The van der Waals surface area contributed by atoms with E-state index in [-0.39, 0.29) is 5.82 Å². The molecular formula is C19H20FN3O. The highest BCUT2D eigenvalue weighted by atomic mass is 19.1. The first-order valence-electron chi connectivity index (χ1n) is 8.24. The Morgan fingerprint density at radius 2 is 1.83 bits per heavy atom. The van der Waals surface area contributed by atoms with E-state index in [4.69, 9.17) is 9.72 Å². The number of hydrogen-bond donors (Lipinski definition) is 0. The van der Waals surface area contributed by atoms with Gasteiger partial charge in [0.2, 0.25) is 0 Å². The Kier molecular flexibility index (Phi) is 4.04. The molecule has 24 heavy (non-hydrogen) atoms. The third kappa shape index (κ3) is 2.92. The summed E-state index contributed by atoms with van der Waals surface area (Å²) in [6.45, 7) is 6.19. The molecule has 0 aliphatic carbocycles. The Morgan fingerprint density at radius 1 is 1.08 bits per heavy atom. The number of benzene rings is 2. The van der Waals surface area contributed by atoms with Gasteiger partial charge in [-0.05, 0) is 48.9 Å². The molecular weight excluding hydrogens is 305 g/mol. The van der Waals surface area contributed by atoms with Crippen molar-refractivity contribution < 1.29 is 9.13 Å². The maximum absolute atomic E-state index is 13.3. The van der Waals surface area contributed by atoms with Crippen molar-refractivity contribution in [1.29, 1.82) is 0 Å². The molecule has 2 heterocycles. The van der Waals surface area contributed by atoms with E-state index in [2.05, 4.69) is 28.5 Å². The number of nitrogens with zero attached hydrogens (tertiary/aromatic N) is 3.